The van der Waals surface area contributed by atoms with Crippen LogP contribution in [0.2, 0.25) is 0 Å². The summed E-state index contributed by atoms with van der Waals surface area (Å²) < 4.78 is 0. The van der Waals surface area contributed by atoms with Gasteiger partial charge >= 0.3 is 5.97 Å². The molecule has 1 atom stereocenters. The minimum Gasteiger partial charge on any atom is -0.478 e. The first kappa shape index (κ1) is 13.8. The number of pyridine rings is 1. The molecule has 0 aromatic carbocycles. The number of nitrogens with zero attached hydrogens (tertiary/aromatic N) is 2. The molecule has 1 fully saturated rings. The SMILES string of the molecule is CCN1CCCCC1CNc1ncccc1C(=O)O. The van der Waals surface area contributed by atoms with Gasteiger partial charge in [-0.15, -0.1) is 0 Å². The Bertz CT molecular complexity index is 436. The first-order valence-electron chi connectivity index (χ1n) is 6.88. The summed E-state index contributed by atoms with van der Waals surface area (Å²) in [5.41, 5.74) is 0.237. The van der Waals surface area contributed by atoms with Gasteiger partial charge in [0.25, 0.3) is 0 Å². The molecule has 0 spiro atoms. The maximum absolute atomic E-state index is 11.1. The number of carboxylic acid groups (broad SMARTS) is 1. The molecule has 1 aromatic rings. The number of rotatable bonds is 5. The van der Waals surface area contributed by atoms with Gasteiger partial charge in [0.2, 0.25) is 0 Å². The molecule has 0 saturated carbocycles. The summed E-state index contributed by atoms with van der Waals surface area (Å²) in [6.45, 7) is 5.10. The van der Waals surface area contributed by atoms with E-state index in [2.05, 4.69) is 22.1 Å². The number of aromatic carboxylic acids is 1. The number of carbonyl (C=O) groups is 1. The van der Waals surface area contributed by atoms with Crippen LogP contribution in [0.1, 0.15) is 36.5 Å². The molecule has 0 radical (unpaired) electrons. The van der Waals surface area contributed by atoms with Crippen LogP contribution in [0.15, 0.2) is 18.3 Å². The Hall–Kier alpha value is -1.62. The Morgan fingerprint density at radius 3 is 3.16 bits per heavy atom. The van der Waals surface area contributed by atoms with Gasteiger partial charge in [-0.05, 0) is 38.1 Å². The summed E-state index contributed by atoms with van der Waals surface area (Å²) in [5.74, 6) is -0.469. The number of hydrogen-bond acceptors (Lipinski definition) is 4. The van der Waals surface area contributed by atoms with Crippen molar-refractivity contribution < 1.29 is 9.90 Å². The van der Waals surface area contributed by atoms with Crippen LogP contribution in [0.4, 0.5) is 5.82 Å². The molecule has 0 aliphatic carbocycles. The Morgan fingerprint density at radius 1 is 1.58 bits per heavy atom. The van der Waals surface area contributed by atoms with E-state index in [-0.39, 0.29) is 5.56 Å². The Kier molecular flexibility index (Phi) is 4.74. The fourth-order valence-electron chi connectivity index (χ4n) is 2.64. The van der Waals surface area contributed by atoms with Crippen molar-refractivity contribution >= 4 is 11.8 Å². The van der Waals surface area contributed by atoms with E-state index in [0.29, 0.717) is 11.9 Å². The minimum absolute atomic E-state index is 0.237. The zero-order chi connectivity index (χ0) is 13.7. The van der Waals surface area contributed by atoms with Crippen LogP contribution >= 0.6 is 0 Å². The van der Waals surface area contributed by atoms with Crippen molar-refractivity contribution in [2.75, 3.05) is 25.0 Å². The minimum atomic E-state index is -0.938. The lowest BCUT2D eigenvalue weighted by atomic mass is 10.0. The molecule has 104 valence electrons. The van der Waals surface area contributed by atoms with Crippen LogP contribution in [0.25, 0.3) is 0 Å². The van der Waals surface area contributed by atoms with Crippen molar-refractivity contribution in [2.45, 2.75) is 32.2 Å². The van der Waals surface area contributed by atoms with E-state index in [1.54, 1.807) is 18.3 Å². The molecule has 1 aliphatic rings. The van der Waals surface area contributed by atoms with Crippen LogP contribution in [0.5, 0.6) is 0 Å². The Balaban J connectivity index is 2.00. The average Bonchev–Trinajstić information content (AvgIpc) is 2.45. The molecule has 0 amide bonds. The van der Waals surface area contributed by atoms with E-state index in [1.807, 2.05) is 0 Å². The molecule has 1 unspecified atom stereocenters. The van der Waals surface area contributed by atoms with Crippen molar-refractivity contribution in [2.24, 2.45) is 0 Å². The van der Waals surface area contributed by atoms with Crippen LogP contribution in [-0.2, 0) is 0 Å². The molecule has 0 bridgehead atoms. The van der Waals surface area contributed by atoms with Gasteiger partial charge in [0.05, 0.1) is 0 Å². The van der Waals surface area contributed by atoms with Gasteiger partial charge in [-0.25, -0.2) is 9.78 Å². The zero-order valence-electron chi connectivity index (χ0n) is 11.3. The predicted octanol–water partition coefficient (Wildman–Crippen LogP) is 2.07. The number of nitrogens with one attached hydrogen (secondary N) is 1. The lowest BCUT2D eigenvalue weighted by Gasteiger charge is -2.35. The molecule has 1 aromatic heterocycles. The molecule has 2 heterocycles. The second kappa shape index (κ2) is 6.52. The summed E-state index contributed by atoms with van der Waals surface area (Å²) in [6.07, 6.45) is 5.29. The topological polar surface area (TPSA) is 65.5 Å². The highest BCUT2D eigenvalue weighted by atomic mass is 16.4. The summed E-state index contributed by atoms with van der Waals surface area (Å²) in [6, 6.07) is 3.70. The Morgan fingerprint density at radius 2 is 2.42 bits per heavy atom. The third-order valence-electron chi connectivity index (χ3n) is 3.70. The van der Waals surface area contributed by atoms with Gasteiger partial charge in [-0.2, -0.15) is 0 Å². The standard InChI is InChI=1S/C14H21N3O2/c1-2-17-9-4-3-6-11(17)10-16-13-12(14(18)19)7-5-8-15-13/h5,7-8,11H,2-4,6,9-10H2,1H3,(H,15,16)(H,18,19). The number of carboxylic acids is 1. The maximum Gasteiger partial charge on any atom is 0.339 e. The molecule has 1 aliphatic heterocycles. The van der Waals surface area contributed by atoms with Gasteiger partial charge in [0.15, 0.2) is 0 Å². The highest BCUT2D eigenvalue weighted by Gasteiger charge is 2.21. The third-order valence-corrected chi connectivity index (χ3v) is 3.70. The molecule has 19 heavy (non-hydrogen) atoms. The summed E-state index contributed by atoms with van der Waals surface area (Å²) in [5, 5.41) is 12.3. The van der Waals surface area contributed by atoms with Crippen LogP contribution in [0, 0.1) is 0 Å². The summed E-state index contributed by atoms with van der Waals surface area (Å²) >= 11 is 0. The number of hydrogen-bond donors (Lipinski definition) is 2. The average molecular weight is 263 g/mol. The normalized spacial score (nSPS) is 20.2. The third kappa shape index (κ3) is 3.44. The highest BCUT2D eigenvalue weighted by Crippen LogP contribution is 2.18. The molecule has 1 saturated heterocycles. The molecule has 5 heteroatoms. The number of anilines is 1. The fraction of sp³-hybridized carbons (Fsp3) is 0.571. The quantitative estimate of drug-likeness (QED) is 0.851. The van der Waals surface area contributed by atoms with Gasteiger partial charge in [0.1, 0.15) is 11.4 Å². The van der Waals surface area contributed by atoms with E-state index < -0.39 is 5.97 Å². The second-order valence-corrected chi connectivity index (χ2v) is 4.86. The number of likely N-dealkylation sites (N-methyl/N-ethyl adjacent to an activating group) is 1. The van der Waals surface area contributed by atoms with Crippen LogP contribution < -0.4 is 5.32 Å². The van der Waals surface area contributed by atoms with Crippen LogP contribution in [0.3, 0.4) is 0 Å². The van der Waals surface area contributed by atoms with Gasteiger partial charge in [-0.3, -0.25) is 4.90 Å². The van der Waals surface area contributed by atoms with Crippen molar-refractivity contribution in [3.05, 3.63) is 23.9 Å². The summed E-state index contributed by atoms with van der Waals surface area (Å²) in [7, 11) is 0. The van der Waals surface area contributed by atoms with Crippen molar-refractivity contribution in [1.82, 2.24) is 9.88 Å². The number of aromatic nitrogens is 1. The van der Waals surface area contributed by atoms with E-state index in [0.717, 1.165) is 26.1 Å². The zero-order valence-corrected chi connectivity index (χ0v) is 11.3. The van der Waals surface area contributed by atoms with E-state index in [4.69, 9.17) is 5.11 Å². The van der Waals surface area contributed by atoms with Crippen molar-refractivity contribution in [3.63, 3.8) is 0 Å². The maximum atomic E-state index is 11.1. The first-order chi connectivity index (χ1) is 9.22. The monoisotopic (exact) mass is 263 g/mol. The molecule has 5 nitrogen and oxygen atoms in total. The highest BCUT2D eigenvalue weighted by molar-refractivity contribution is 5.92. The molecular formula is C14H21N3O2. The molecular weight excluding hydrogens is 242 g/mol. The lowest BCUT2D eigenvalue weighted by Crippen LogP contribution is -2.43. The largest absolute Gasteiger partial charge is 0.478 e. The number of likely N-dealkylation sites (tertiary alicyclic amines) is 1. The number of piperidine rings is 1. The van der Waals surface area contributed by atoms with Gasteiger partial charge < -0.3 is 10.4 Å². The molecule has 2 N–H and O–H groups in total. The van der Waals surface area contributed by atoms with Gasteiger partial charge in [0, 0.05) is 18.8 Å². The first-order valence-corrected chi connectivity index (χ1v) is 6.88. The fourth-order valence-corrected chi connectivity index (χ4v) is 2.64. The second-order valence-electron chi connectivity index (χ2n) is 4.86. The molecule has 2 rings (SSSR count). The lowest BCUT2D eigenvalue weighted by molar-refractivity contribution is 0.0697. The van der Waals surface area contributed by atoms with Crippen molar-refractivity contribution in [1.29, 1.82) is 0 Å². The van der Waals surface area contributed by atoms with Gasteiger partial charge in [-0.1, -0.05) is 13.3 Å². The van der Waals surface area contributed by atoms with E-state index >= 15 is 0 Å². The van der Waals surface area contributed by atoms with Crippen molar-refractivity contribution in [3.8, 4) is 0 Å². The van der Waals surface area contributed by atoms with Crippen LogP contribution in [-0.4, -0.2) is 46.6 Å². The summed E-state index contributed by atoms with van der Waals surface area (Å²) in [4.78, 5) is 17.7. The predicted molar refractivity (Wildman–Crippen MR) is 74.6 cm³/mol. The Labute approximate surface area is 113 Å². The van der Waals surface area contributed by atoms with E-state index in [1.165, 1.54) is 12.8 Å². The smallest absolute Gasteiger partial charge is 0.339 e. The van der Waals surface area contributed by atoms with E-state index in [9.17, 15) is 4.79 Å².